The number of nitrogens with zero attached hydrogens (tertiary/aromatic N) is 1. The Morgan fingerprint density at radius 2 is 2.50 bits per heavy atom. The van der Waals surface area contributed by atoms with Crippen molar-refractivity contribution in [1.29, 1.82) is 0 Å². The van der Waals surface area contributed by atoms with Gasteiger partial charge in [-0.1, -0.05) is 6.58 Å². The first-order chi connectivity index (χ1) is 6.65. The van der Waals surface area contributed by atoms with Crippen LogP contribution in [0, 0.1) is 0 Å². The standard InChI is InChI=1S/C11H13NO2/c1-8(4-6-13)7-10(14)11-9(2)3-5-12-11/h5-7,14H,1,3-4H2,2H3. The highest BCUT2D eigenvalue weighted by molar-refractivity contribution is 5.69. The van der Waals surface area contributed by atoms with Crippen LogP contribution in [0.2, 0.25) is 0 Å². The molecular formula is C11H13NO2. The average molecular weight is 191 g/mol. The van der Waals surface area contributed by atoms with Crippen molar-refractivity contribution in [3.63, 3.8) is 0 Å². The summed E-state index contributed by atoms with van der Waals surface area (Å²) in [7, 11) is 0. The molecular weight excluding hydrogens is 178 g/mol. The van der Waals surface area contributed by atoms with E-state index in [9.17, 15) is 9.90 Å². The normalized spacial score (nSPS) is 16.2. The molecule has 74 valence electrons. The van der Waals surface area contributed by atoms with Gasteiger partial charge < -0.3 is 9.90 Å². The maximum Gasteiger partial charge on any atom is 0.141 e. The molecule has 0 saturated heterocycles. The van der Waals surface area contributed by atoms with E-state index in [0.29, 0.717) is 11.3 Å². The number of aliphatic imine (C=N–C) groups is 1. The second-order valence-electron chi connectivity index (χ2n) is 3.20. The van der Waals surface area contributed by atoms with Crippen LogP contribution in [0.4, 0.5) is 0 Å². The Hall–Kier alpha value is -1.64. The summed E-state index contributed by atoms with van der Waals surface area (Å²) in [5, 5.41) is 9.63. The lowest BCUT2D eigenvalue weighted by atomic mass is 10.1. The van der Waals surface area contributed by atoms with E-state index in [1.54, 1.807) is 6.21 Å². The van der Waals surface area contributed by atoms with E-state index in [4.69, 9.17) is 0 Å². The monoisotopic (exact) mass is 191 g/mol. The van der Waals surface area contributed by atoms with Gasteiger partial charge in [-0.3, -0.25) is 4.99 Å². The third kappa shape index (κ3) is 2.42. The van der Waals surface area contributed by atoms with E-state index < -0.39 is 0 Å². The van der Waals surface area contributed by atoms with Crippen molar-refractivity contribution in [3.8, 4) is 0 Å². The number of allylic oxidation sites excluding steroid dienone is 3. The van der Waals surface area contributed by atoms with Gasteiger partial charge in [0.1, 0.15) is 17.7 Å². The van der Waals surface area contributed by atoms with Gasteiger partial charge in [-0.2, -0.15) is 0 Å². The Bertz CT molecular complexity index is 348. The Kier molecular flexibility index (Phi) is 3.40. The van der Waals surface area contributed by atoms with E-state index in [1.165, 1.54) is 6.08 Å². The lowest BCUT2D eigenvalue weighted by Crippen LogP contribution is -1.88. The van der Waals surface area contributed by atoms with Crippen LogP contribution >= 0.6 is 0 Å². The molecule has 1 rings (SSSR count). The number of aldehydes is 1. The number of rotatable bonds is 4. The molecule has 0 spiro atoms. The molecule has 1 N–H and O–H groups in total. The van der Waals surface area contributed by atoms with Gasteiger partial charge in [0.25, 0.3) is 0 Å². The number of carbonyl (C=O) groups is 1. The summed E-state index contributed by atoms with van der Waals surface area (Å²) in [6.45, 7) is 5.55. The number of aliphatic hydroxyl groups is 1. The number of hydrogen-bond donors (Lipinski definition) is 1. The van der Waals surface area contributed by atoms with Crippen LogP contribution in [0.15, 0.2) is 40.2 Å². The van der Waals surface area contributed by atoms with Gasteiger partial charge in [0.15, 0.2) is 0 Å². The molecule has 0 aromatic carbocycles. The highest BCUT2D eigenvalue weighted by Gasteiger charge is 2.10. The molecule has 0 unspecified atom stereocenters. The predicted octanol–water partition coefficient (Wildman–Crippen LogP) is 2.32. The van der Waals surface area contributed by atoms with Crippen molar-refractivity contribution >= 4 is 12.5 Å². The van der Waals surface area contributed by atoms with Gasteiger partial charge in [-0.15, -0.1) is 0 Å². The van der Waals surface area contributed by atoms with Gasteiger partial charge >= 0.3 is 0 Å². The molecule has 1 heterocycles. The average Bonchev–Trinajstić information content (AvgIpc) is 2.51. The highest BCUT2D eigenvalue weighted by Crippen LogP contribution is 2.21. The third-order valence-corrected chi connectivity index (χ3v) is 1.95. The summed E-state index contributed by atoms with van der Waals surface area (Å²) in [5.41, 5.74) is 2.20. The second kappa shape index (κ2) is 4.56. The SMILES string of the molecule is C=C(C=C(O)C1=C(C)CC=N1)CC=O. The maximum absolute atomic E-state index is 10.2. The minimum atomic E-state index is 0.0862. The quantitative estimate of drug-likeness (QED) is 0.421. The van der Waals surface area contributed by atoms with Crippen LogP contribution in [-0.4, -0.2) is 17.6 Å². The zero-order chi connectivity index (χ0) is 10.6. The summed E-state index contributed by atoms with van der Waals surface area (Å²) in [6.07, 6.45) is 4.99. The largest absolute Gasteiger partial charge is 0.506 e. The van der Waals surface area contributed by atoms with E-state index in [2.05, 4.69) is 11.6 Å². The second-order valence-corrected chi connectivity index (χ2v) is 3.20. The zero-order valence-electron chi connectivity index (χ0n) is 8.16. The molecule has 0 radical (unpaired) electrons. The summed E-state index contributed by atoms with van der Waals surface area (Å²) in [4.78, 5) is 14.2. The molecule has 3 heteroatoms. The van der Waals surface area contributed by atoms with Gasteiger partial charge in [0.2, 0.25) is 0 Å². The van der Waals surface area contributed by atoms with Crippen LogP contribution in [0.25, 0.3) is 0 Å². The Morgan fingerprint density at radius 3 is 3.00 bits per heavy atom. The van der Waals surface area contributed by atoms with Crippen LogP contribution in [0.1, 0.15) is 19.8 Å². The summed E-state index contributed by atoms with van der Waals surface area (Å²) < 4.78 is 0. The molecule has 0 saturated carbocycles. The first kappa shape index (κ1) is 10.4. The molecule has 0 atom stereocenters. The molecule has 1 aliphatic rings. The van der Waals surface area contributed by atoms with Crippen LogP contribution < -0.4 is 0 Å². The molecule has 1 aliphatic heterocycles. The molecule has 0 bridgehead atoms. The van der Waals surface area contributed by atoms with Gasteiger partial charge in [0, 0.05) is 19.1 Å². The molecule has 0 fully saturated rings. The van der Waals surface area contributed by atoms with Crippen molar-refractivity contribution in [3.05, 3.63) is 35.3 Å². The summed E-state index contributed by atoms with van der Waals surface area (Å²) in [5.74, 6) is 0.0862. The Balaban J connectivity index is 2.78. The fourth-order valence-corrected chi connectivity index (χ4v) is 1.19. The number of hydrogen-bond acceptors (Lipinski definition) is 3. The first-order valence-corrected chi connectivity index (χ1v) is 4.40. The maximum atomic E-state index is 10.2. The molecule has 0 aromatic heterocycles. The fraction of sp³-hybridized carbons (Fsp3) is 0.273. The number of carbonyl (C=O) groups excluding carboxylic acids is 1. The molecule has 0 aliphatic carbocycles. The van der Waals surface area contributed by atoms with E-state index in [1.807, 2.05) is 6.92 Å². The van der Waals surface area contributed by atoms with Crippen molar-refractivity contribution in [1.82, 2.24) is 0 Å². The summed E-state index contributed by atoms with van der Waals surface area (Å²) in [6, 6.07) is 0. The smallest absolute Gasteiger partial charge is 0.141 e. The minimum Gasteiger partial charge on any atom is -0.506 e. The topological polar surface area (TPSA) is 49.7 Å². The number of aliphatic hydroxyl groups excluding tert-OH is 1. The molecule has 0 amide bonds. The molecule has 14 heavy (non-hydrogen) atoms. The molecule has 0 aromatic rings. The van der Waals surface area contributed by atoms with Crippen LogP contribution in [0.3, 0.4) is 0 Å². The third-order valence-electron chi connectivity index (χ3n) is 1.95. The van der Waals surface area contributed by atoms with Crippen molar-refractivity contribution in [2.75, 3.05) is 0 Å². The van der Waals surface area contributed by atoms with Gasteiger partial charge in [-0.05, 0) is 24.1 Å². The zero-order valence-corrected chi connectivity index (χ0v) is 8.16. The first-order valence-electron chi connectivity index (χ1n) is 4.40. The van der Waals surface area contributed by atoms with Crippen molar-refractivity contribution in [2.24, 2.45) is 4.99 Å². The van der Waals surface area contributed by atoms with Crippen LogP contribution in [-0.2, 0) is 4.79 Å². The lowest BCUT2D eigenvalue weighted by Gasteiger charge is -2.00. The Labute approximate surface area is 83.2 Å². The van der Waals surface area contributed by atoms with E-state index >= 15 is 0 Å². The van der Waals surface area contributed by atoms with Crippen LogP contribution in [0.5, 0.6) is 0 Å². The van der Waals surface area contributed by atoms with Crippen molar-refractivity contribution < 1.29 is 9.90 Å². The minimum absolute atomic E-state index is 0.0862. The van der Waals surface area contributed by atoms with E-state index in [0.717, 1.165) is 18.3 Å². The summed E-state index contributed by atoms with van der Waals surface area (Å²) >= 11 is 0. The van der Waals surface area contributed by atoms with Gasteiger partial charge in [-0.25, -0.2) is 0 Å². The lowest BCUT2D eigenvalue weighted by molar-refractivity contribution is -0.107. The fourth-order valence-electron chi connectivity index (χ4n) is 1.19. The Morgan fingerprint density at radius 1 is 1.79 bits per heavy atom. The van der Waals surface area contributed by atoms with Crippen molar-refractivity contribution in [2.45, 2.75) is 19.8 Å². The van der Waals surface area contributed by atoms with E-state index in [-0.39, 0.29) is 12.2 Å². The molecule has 3 nitrogen and oxygen atoms in total. The predicted molar refractivity (Wildman–Crippen MR) is 56.3 cm³/mol. The van der Waals surface area contributed by atoms with Gasteiger partial charge in [0.05, 0.1) is 0 Å². The highest BCUT2D eigenvalue weighted by atomic mass is 16.3.